The molecule has 31 heavy (non-hydrogen) atoms. The standard InChI is InChI=1S/C21H31ClN4O5/c1-21(2,3)31-20(27)25-11-9-24(10-12-25)15-5-7-23(8-6-15)16-13-17(22)19(26(28)29)18(14-16)30-4/h13-15H,5-12H2,1-4H3. The molecule has 2 heterocycles. The number of piperazine rings is 1. The molecule has 0 saturated carbocycles. The number of ether oxygens (including phenoxy) is 2. The SMILES string of the molecule is COc1cc(N2CCC(N3CCN(C(=O)OC(C)(C)C)CC3)CC2)cc(Cl)c1[N+](=O)[O-]. The van der Waals surface area contributed by atoms with Crippen molar-refractivity contribution in [2.45, 2.75) is 45.3 Å². The van der Waals surface area contributed by atoms with Gasteiger partial charge in [-0.25, -0.2) is 4.79 Å². The number of carbonyl (C=O) groups is 1. The molecule has 1 aromatic carbocycles. The quantitative estimate of drug-likeness (QED) is 0.505. The smallest absolute Gasteiger partial charge is 0.410 e. The van der Waals surface area contributed by atoms with E-state index >= 15 is 0 Å². The van der Waals surface area contributed by atoms with Crippen molar-refractivity contribution in [1.82, 2.24) is 9.80 Å². The van der Waals surface area contributed by atoms with Crippen LogP contribution < -0.4 is 9.64 Å². The lowest BCUT2D eigenvalue weighted by Gasteiger charge is -2.43. The first-order chi connectivity index (χ1) is 14.6. The molecule has 0 bridgehead atoms. The third-order valence-electron chi connectivity index (χ3n) is 5.73. The van der Waals surface area contributed by atoms with E-state index in [0.29, 0.717) is 19.1 Å². The van der Waals surface area contributed by atoms with Gasteiger partial charge in [-0.15, -0.1) is 0 Å². The average Bonchev–Trinajstić information content (AvgIpc) is 2.71. The van der Waals surface area contributed by atoms with Crippen molar-refractivity contribution in [3.63, 3.8) is 0 Å². The third kappa shape index (κ3) is 5.71. The molecule has 1 aromatic rings. The van der Waals surface area contributed by atoms with E-state index in [1.807, 2.05) is 20.8 Å². The van der Waals surface area contributed by atoms with E-state index in [-0.39, 0.29) is 22.6 Å². The number of carbonyl (C=O) groups excluding carboxylic acids is 1. The zero-order chi connectivity index (χ0) is 22.8. The van der Waals surface area contributed by atoms with Gasteiger partial charge in [0.15, 0.2) is 0 Å². The number of amides is 1. The Bertz CT molecular complexity index is 813. The average molecular weight is 455 g/mol. The summed E-state index contributed by atoms with van der Waals surface area (Å²) < 4.78 is 10.7. The molecule has 2 saturated heterocycles. The predicted molar refractivity (Wildman–Crippen MR) is 119 cm³/mol. The molecule has 2 aliphatic heterocycles. The summed E-state index contributed by atoms with van der Waals surface area (Å²) in [5.41, 5.74) is 0.149. The van der Waals surface area contributed by atoms with Crippen LogP contribution >= 0.6 is 11.6 Å². The second-order valence-corrected chi connectivity index (χ2v) is 9.36. The molecule has 9 nitrogen and oxygen atoms in total. The maximum atomic E-state index is 12.3. The fourth-order valence-corrected chi connectivity index (χ4v) is 4.43. The summed E-state index contributed by atoms with van der Waals surface area (Å²) in [6, 6.07) is 3.78. The number of halogens is 1. The summed E-state index contributed by atoms with van der Waals surface area (Å²) in [5, 5.41) is 11.3. The number of rotatable bonds is 4. The van der Waals surface area contributed by atoms with Crippen LogP contribution in [0.3, 0.4) is 0 Å². The number of hydrogen-bond acceptors (Lipinski definition) is 7. The minimum Gasteiger partial charge on any atom is -0.490 e. The molecule has 1 amide bonds. The topological polar surface area (TPSA) is 88.4 Å². The van der Waals surface area contributed by atoms with Crippen LogP contribution in [0.2, 0.25) is 5.02 Å². The molecular formula is C21H31ClN4O5. The number of benzene rings is 1. The summed E-state index contributed by atoms with van der Waals surface area (Å²) in [4.78, 5) is 29.4. The number of hydrogen-bond donors (Lipinski definition) is 0. The van der Waals surface area contributed by atoms with E-state index in [0.717, 1.165) is 44.7 Å². The number of nitrogens with zero attached hydrogens (tertiary/aromatic N) is 4. The Kier molecular flexibility index (Phi) is 7.16. The largest absolute Gasteiger partial charge is 0.490 e. The Morgan fingerprint density at radius 3 is 2.26 bits per heavy atom. The molecule has 172 valence electrons. The van der Waals surface area contributed by atoms with Crippen molar-refractivity contribution in [2.24, 2.45) is 0 Å². The van der Waals surface area contributed by atoms with E-state index < -0.39 is 10.5 Å². The summed E-state index contributed by atoms with van der Waals surface area (Å²) >= 11 is 6.16. The fraction of sp³-hybridized carbons (Fsp3) is 0.667. The van der Waals surface area contributed by atoms with Crippen molar-refractivity contribution >= 4 is 29.1 Å². The van der Waals surface area contributed by atoms with E-state index in [2.05, 4.69) is 9.80 Å². The van der Waals surface area contributed by atoms with Gasteiger partial charge in [-0.05, 0) is 39.7 Å². The minimum absolute atomic E-state index is 0.0831. The van der Waals surface area contributed by atoms with Crippen LogP contribution in [-0.2, 0) is 4.74 Å². The molecule has 0 aliphatic carbocycles. The number of anilines is 1. The highest BCUT2D eigenvalue weighted by molar-refractivity contribution is 6.33. The number of methoxy groups -OCH3 is 1. The molecule has 0 spiro atoms. The number of nitro benzene ring substituents is 1. The highest BCUT2D eigenvalue weighted by Crippen LogP contribution is 2.39. The Morgan fingerprint density at radius 1 is 1.13 bits per heavy atom. The second-order valence-electron chi connectivity index (χ2n) is 8.96. The first kappa shape index (κ1) is 23.4. The number of piperidine rings is 1. The summed E-state index contributed by atoms with van der Waals surface area (Å²) in [5.74, 6) is 0.174. The molecule has 3 rings (SSSR count). The van der Waals surface area contributed by atoms with E-state index in [9.17, 15) is 14.9 Å². The third-order valence-corrected chi connectivity index (χ3v) is 6.02. The first-order valence-electron chi connectivity index (χ1n) is 10.6. The molecule has 2 aliphatic rings. The van der Waals surface area contributed by atoms with Crippen LogP contribution in [0.5, 0.6) is 5.75 Å². The van der Waals surface area contributed by atoms with Gasteiger partial charge in [0, 0.05) is 57.1 Å². The van der Waals surface area contributed by atoms with E-state index in [1.165, 1.54) is 7.11 Å². The molecule has 0 N–H and O–H groups in total. The minimum atomic E-state index is -0.520. The van der Waals surface area contributed by atoms with E-state index in [4.69, 9.17) is 21.1 Å². The van der Waals surface area contributed by atoms with Gasteiger partial charge in [0.1, 0.15) is 10.6 Å². The molecule has 2 fully saturated rings. The predicted octanol–water partition coefficient (Wildman–Crippen LogP) is 3.78. The molecule has 0 atom stereocenters. The van der Waals surface area contributed by atoms with Crippen LogP contribution in [0, 0.1) is 10.1 Å². The highest BCUT2D eigenvalue weighted by atomic mass is 35.5. The molecule has 0 unspecified atom stereocenters. The van der Waals surface area contributed by atoms with Gasteiger partial charge in [0.05, 0.1) is 12.0 Å². The molecule has 0 radical (unpaired) electrons. The molecule has 0 aromatic heterocycles. The van der Waals surface area contributed by atoms with Gasteiger partial charge < -0.3 is 19.3 Å². The summed E-state index contributed by atoms with van der Waals surface area (Å²) in [7, 11) is 1.41. The van der Waals surface area contributed by atoms with Gasteiger partial charge in [-0.1, -0.05) is 11.6 Å². The maximum absolute atomic E-state index is 12.3. The Hall–Kier alpha value is -2.26. The van der Waals surface area contributed by atoms with Gasteiger partial charge in [-0.2, -0.15) is 0 Å². The monoisotopic (exact) mass is 454 g/mol. The molecule has 10 heteroatoms. The van der Waals surface area contributed by atoms with E-state index in [1.54, 1.807) is 17.0 Å². The lowest BCUT2D eigenvalue weighted by atomic mass is 10.0. The van der Waals surface area contributed by atoms with Crippen LogP contribution in [0.1, 0.15) is 33.6 Å². The van der Waals surface area contributed by atoms with Crippen LogP contribution in [0.4, 0.5) is 16.2 Å². The van der Waals surface area contributed by atoms with Crippen molar-refractivity contribution in [3.8, 4) is 5.75 Å². The summed E-state index contributed by atoms with van der Waals surface area (Å²) in [6.07, 6.45) is 1.71. The molecular weight excluding hydrogens is 424 g/mol. The van der Waals surface area contributed by atoms with Crippen LogP contribution in [0.15, 0.2) is 12.1 Å². The van der Waals surface area contributed by atoms with Crippen molar-refractivity contribution in [3.05, 3.63) is 27.3 Å². The van der Waals surface area contributed by atoms with Crippen molar-refractivity contribution in [1.29, 1.82) is 0 Å². The fourth-order valence-electron chi connectivity index (χ4n) is 4.16. The van der Waals surface area contributed by atoms with Crippen molar-refractivity contribution in [2.75, 3.05) is 51.3 Å². The second kappa shape index (κ2) is 9.48. The van der Waals surface area contributed by atoms with Crippen LogP contribution in [0.25, 0.3) is 0 Å². The number of nitro groups is 1. The Balaban J connectivity index is 1.54. The summed E-state index contributed by atoms with van der Waals surface area (Å²) in [6.45, 7) is 10.3. The van der Waals surface area contributed by atoms with Crippen molar-refractivity contribution < 1.29 is 19.2 Å². The van der Waals surface area contributed by atoms with Gasteiger partial charge >= 0.3 is 11.8 Å². The Morgan fingerprint density at radius 2 is 1.74 bits per heavy atom. The maximum Gasteiger partial charge on any atom is 0.410 e. The Labute approximate surface area is 188 Å². The highest BCUT2D eigenvalue weighted by Gasteiger charge is 2.31. The van der Waals surface area contributed by atoms with Gasteiger partial charge in [0.2, 0.25) is 5.75 Å². The lowest BCUT2D eigenvalue weighted by Crippen LogP contribution is -2.55. The van der Waals surface area contributed by atoms with Gasteiger partial charge in [0.25, 0.3) is 0 Å². The zero-order valence-corrected chi connectivity index (χ0v) is 19.4. The lowest BCUT2D eigenvalue weighted by molar-refractivity contribution is -0.385. The van der Waals surface area contributed by atoms with Crippen LogP contribution in [-0.4, -0.2) is 78.8 Å². The first-order valence-corrected chi connectivity index (χ1v) is 11.0. The normalized spacial score (nSPS) is 18.7. The zero-order valence-electron chi connectivity index (χ0n) is 18.6. The van der Waals surface area contributed by atoms with Gasteiger partial charge in [-0.3, -0.25) is 15.0 Å².